The summed E-state index contributed by atoms with van der Waals surface area (Å²) in [6, 6.07) is -0.472. The van der Waals surface area contributed by atoms with E-state index in [0.29, 0.717) is 13.1 Å². The third-order valence-corrected chi connectivity index (χ3v) is 2.78. The summed E-state index contributed by atoms with van der Waals surface area (Å²) in [5.74, 6) is -0.736. The van der Waals surface area contributed by atoms with Crippen molar-refractivity contribution in [3.8, 4) is 0 Å². The summed E-state index contributed by atoms with van der Waals surface area (Å²) >= 11 is 0. The van der Waals surface area contributed by atoms with E-state index in [9.17, 15) is 14.4 Å². The smallest absolute Gasteiger partial charge is 0.306 e. The minimum atomic E-state index is -0.543. The zero-order valence-corrected chi connectivity index (χ0v) is 12.0. The Hall–Kier alpha value is -1.59. The molecular formula is C13H22N2O4. The van der Waals surface area contributed by atoms with Crippen molar-refractivity contribution in [3.05, 3.63) is 0 Å². The average molecular weight is 270 g/mol. The molecule has 108 valence electrons. The number of nitrogens with zero attached hydrogens (tertiary/aromatic N) is 1. The highest BCUT2D eigenvalue weighted by Gasteiger charge is 2.29. The molecule has 1 saturated heterocycles. The van der Waals surface area contributed by atoms with Gasteiger partial charge in [-0.05, 0) is 27.7 Å². The molecule has 1 unspecified atom stereocenters. The Balaban J connectivity index is 2.43. The van der Waals surface area contributed by atoms with Crippen LogP contribution in [0.4, 0.5) is 0 Å². The third-order valence-electron chi connectivity index (χ3n) is 2.78. The lowest BCUT2D eigenvalue weighted by Crippen LogP contribution is -2.55. The van der Waals surface area contributed by atoms with Gasteiger partial charge in [0, 0.05) is 19.5 Å². The van der Waals surface area contributed by atoms with Crippen molar-refractivity contribution in [1.29, 1.82) is 0 Å². The SMILES string of the molecule is CC1C(=O)NCCN1C(=O)CCC(=O)OC(C)(C)C. The number of piperazine rings is 1. The summed E-state index contributed by atoms with van der Waals surface area (Å²) < 4.78 is 5.13. The molecule has 0 radical (unpaired) electrons. The summed E-state index contributed by atoms with van der Waals surface area (Å²) in [6.45, 7) is 7.97. The van der Waals surface area contributed by atoms with E-state index in [1.54, 1.807) is 27.7 Å². The lowest BCUT2D eigenvalue weighted by atomic mass is 10.1. The maximum absolute atomic E-state index is 12.0. The highest BCUT2D eigenvalue weighted by Crippen LogP contribution is 2.11. The molecule has 0 aliphatic carbocycles. The van der Waals surface area contributed by atoms with Crippen LogP contribution in [-0.4, -0.2) is 47.4 Å². The van der Waals surface area contributed by atoms with Gasteiger partial charge in [0.05, 0.1) is 6.42 Å². The molecule has 6 heteroatoms. The molecule has 0 aromatic heterocycles. The zero-order valence-electron chi connectivity index (χ0n) is 12.0. The minimum absolute atomic E-state index is 0.0426. The van der Waals surface area contributed by atoms with Crippen molar-refractivity contribution in [2.45, 2.75) is 52.2 Å². The van der Waals surface area contributed by atoms with E-state index in [0.717, 1.165) is 0 Å². The Bertz CT molecular complexity index is 373. The molecule has 19 heavy (non-hydrogen) atoms. The lowest BCUT2D eigenvalue weighted by Gasteiger charge is -2.32. The third kappa shape index (κ3) is 4.89. The van der Waals surface area contributed by atoms with Crippen molar-refractivity contribution < 1.29 is 19.1 Å². The van der Waals surface area contributed by atoms with Crippen LogP contribution in [0, 0.1) is 0 Å². The van der Waals surface area contributed by atoms with Crippen LogP contribution in [0.1, 0.15) is 40.5 Å². The van der Waals surface area contributed by atoms with Gasteiger partial charge >= 0.3 is 5.97 Å². The molecule has 0 bridgehead atoms. The van der Waals surface area contributed by atoms with E-state index in [4.69, 9.17) is 4.74 Å². The van der Waals surface area contributed by atoms with E-state index < -0.39 is 17.6 Å². The van der Waals surface area contributed by atoms with Crippen molar-refractivity contribution in [2.24, 2.45) is 0 Å². The molecule has 0 saturated carbocycles. The van der Waals surface area contributed by atoms with Gasteiger partial charge in [-0.15, -0.1) is 0 Å². The standard InChI is InChI=1S/C13H22N2O4/c1-9-12(18)14-7-8-15(9)10(16)5-6-11(17)19-13(2,3)4/h9H,5-8H2,1-4H3,(H,14,18). The number of carbonyl (C=O) groups is 3. The van der Waals surface area contributed by atoms with Crippen LogP contribution < -0.4 is 5.32 Å². The molecule has 2 amide bonds. The summed E-state index contributed by atoms with van der Waals surface area (Å²) in [6.07, 6.45) is 0.119. The summed E-state index contributed by atoms with van der Waals surface area (Å²) in [5, 5.41) is 2.69. The first-order valence-electron chi connectivity index (χ1n) is 6.50. The van der Waals surface area contributed by atoms with Crippen molar-refractivity contribution in [3.63, 3.8) is 0 Å². The van der Waals surface area contributed by atoms with Crippen LogP contribution >= 0.6 is 0 Å². The van der Waals surface area contributed by atoms with Gasteiger partial charge in [0.1, 0.15) is 11.6 Å². The molecule has 1 aliphatic rings. The number of ether oxygens (including phenoxy) is 1. The Morgan fingerprint density at radius 2 is 2.00 bits per heavy atom. The number of hydrogen-bond acceptors (Lipinski definition) is 4. The predicted octanol–water partition coefficient (Wildman–Crippen LogP) is 0.455. The summed E-state index contributed by atoms with van der Waals surface area (Å²) in [4.78, 5) is 36.4. The Morgan fingerprint density at radius 3 is 2.58 bits per heavy atom. The predicted molar refractivity (Wildman–Crippen MR) is 69.3 cm³/mol. The average Bonchev–Trinajstić information content (AvgIpc) is 2.27. The van der Waals surface area contributed by atoms with Gasteiger partial charge in [-0.2, -0.15) is 0 Å². The first kappa shape index (κ1) is 15.5. The number of nitrogens with one attached hydrogen (secondary N) is 1. The molecule has 1 aliphatic heterocycles. The molecule has 1 heterocycles. The van der Waals surface area contributed by atoms with Crippen molar-refractivity contribution in [1.82, 2.24) is 10.2 Å². The number of rotatable bonds is 3. The second-order valence-corrected chi connectivity index (χ2v) is 5.64. The van der Waals surface area contributed by atoms with Crippen molar-refractivity contribution >= 4 is 17.8 Å². The summed E-state index contributed by atoms with van der Waals surface area (Å²) in [7, 11) is 0. The molecule has 0 aromatic carbocycles. The molecule has 1 fully saturated rings. The van der Waals surface area contributed by atoms with Crippen LogP contribution in [0.2, 0.25) is 0 Å². The van der Waals surface area contributed by atoms with Gasteiger partial charge in [-0.1, -0.05) is 0 Å². The van der Waals surface area contributed by atoms with Crippen LogP contribution in [-0.2, 0) is 19.1 Å². The second-order valence-electron chi connectivity index (χ2n) is 5.64. The van der Waals surface area contributed by atoms with Crippen LogP contribution in [0.3, 0.4) is 0 Å². The maximum atomic E-state index is 12.0. The van der Waals surface area contributed by atoms with Crippen LogP contribution in [0.25, 0.3) is 0 Å². The normalized spacial score (nSPS) is 19.9. The number of esters is 1. The van der Waals surface area contributed by atoms with Gasteiger partial charge in [-0.3, -0.25) is 14.4 Å². The maximum Gasteiger partial charge on any atom is 0.306 e. The van der Waals surface area contributed by atoms with Crippen molar-refractivity contribution in [2.75, 3.05) is 13.1 Å². The first-order chi connectivity index (χ1) is 8.70. The molecule has 1 N–H and O–H groups in total. The molecule has 6 nitrogen and oxygen atoms in total. The van der Waals surface area contributed by atoms with Crippen LogP contribution in [0.5, 0.6) is 0 Å². The highest BCUT2D eigenvalue weighted by atomic mass is 16.6. The van der Waals surface area contributed by atoms with E-state index in [1.165, 1.54) is 4.90 Å². The fraction of sp³-hybridized carbons (Fsp3) is 0.769. The fourth-order valence-electron chi connectivity index (χ4n) is 1.87. The molecule has 1 atom stereocenters. The second kappa shape index (κ2) is 6.04. The van der Waals surface area contributed by atoms with Gasteiger partial charge in [0.15, 0.2) is 0 Å². The van der Waals surface area contributed by atoms with E-state index in [-0.39, 0.29) is 24.7 Å². The van der Waals surface area contributed by atoms with Gasteiger partial charge in [0.25, 0.3) is 0 Å². The van der Waals surface area contributed by atoms with E-state index in [1.807, 2.05) is 0 Å². The minimum Gasteiger partial charge on any atom is -0.460 e. The number of hydrogen-bond donors (Lipinski definition) is 1. The fourth-order valence-corrected chi connectivity index (χ4v) is 1.87. The largest absolute Gasteiger partial charge is 0.460 e. The molecule has 1 rings (SSSR count). The van der Waals surface area contributed by atoms with Crippen LogP contribution in [0.15, 0.2) is 0 Å². The number of carbonyl (C=O) groups excluding carboxylic acids is 3. The Kier molecular flexibility index (Phi) is 4.91. The summed E-state index contributed by atoms with van der Waals surface area (Å²) in [5.41, 5.74) is -0.543. The molecule has 0 spiro atoms. The van der Waals surface area contributed by atoms with Gasteiger partial charge in [0.2, 0.25) is 11.8 Å². The molecular weight excluding hydrogens is 248 g/mol. The zero-order chi connectivity index (χ0) is 14.6. The number of amides is 2. The van der Waals surface area contributed by atoms with Gasteiger partial charge < -0.3 is 15.0 Å². The topological polar surface area (TPSA) is 75.7 Å². The quantitative estimate of drug-likeness (QED) is 0.756. The first-order valence-corrected chi connectivity index (χ1v) is 6.50. The Morgan fingerprint density at radius 1 is 1.37 bits per heavy atom. The van der Waals surface area contributed by atoms with E-state index in [2.05, 4.69) is 5.32 Å². The Labute approximate surface area is 113 Å². The van der Waals surface area contributed by atoms with E-state index >= 15 is 0 Å². The monoisotopic (exact) mass is 270 g/mol. The van der Waals surface area contributed by atoms with Gasteiger partial charge in [-0.25, -0.2) is 0 Å². The highest BCUT2D eigenvalue weighted by molar-refractivity contribution is 5.89. The molecule has 0 aromatic rings. The lowest BCUT2D eigenvalue weighted by molar-refractivity contribution is -0.156.